The van der Waals surface area contributed by atoms with Gasteiger partial charge in [0.1, 0.15) is 36.3 Å². The maximum Gasteiger partial charge on any atom is 0.247 e. The molecule has 8 rings (SSSR count). The molecule has 0 aliphatic heterocycles. The molecule has 0 radical (unpaired) electrons. The molecule has 32 N–H and O–H groups in total. The van der Waals surface area contributed by atoms with Gasteiger partial charge in [0.15, 0.2) is 0 Å². The average Bonchev–Trinajstić information content (AvgIpc) is 1.50. The lowest BCUT2D eigenvalue weighted by molar-refractivity contribution is -0.207. The van der Waals surface area contributed by atoms with E-state index in [-0.39, 0.29) is 222 Å². The Bertz CT molecular complexity index is 3490. The Balaban J connectivity index is 0.996. The molecular weight excluding hydrogens is 1740 g/mol. The van der Waals surface area contributed by atoms with Crippen LogP contribution in [-0.2, 0) is 47.9 Å². The number of hydrogen-bond acceptors (Lipinski definition) is 26. The zero-order chi connectivity index (χ0) is 99.8. The number of nitrogens with two attached hydrogens (primary N) is 8. The molecule has 0 aromatic carbocycles. The van der Waals surface area contributed by atoms with Crippen LogP contribution < -0.4 is 88.4 Å². The van der Waals surface area contributed by atoms with Crippen molar-refractivity contribution in [2.45, 2.75) is 383 Å². The van der Waals surface area contributed by atoms with Crippen LogP contribution in [0.4, 0.5) is 0 Å². The number of carbonyl (C=O) groups excluding carboxylic acids is 10. The van der Waals surface area contributed by atoms with Crippen molar-refractivity contribution >= 4 is 59.1 Å². The molecule has 30 atom stereocenters. The van der Waals surface area contributed by atoms with E-state index in [9.17, 15) is 79.2 Å². The number of rotatable bonds is 61. The first kappa shape index (κ1) is 115. The van der Waals surface area contributed by atoms with Crippen LogP contribution in [0.5, 0.6) is 0 Å². The van der Waals surface area contributed by atoms with Crippen LogP contribution in [0.2, 0.25) is 0 Å². The van der Waals surface area contributed by atoms with Gasteiger partial charge in [-0.05, 0) is 363 Å². The number of aliphatic hydroxyl groups is 8. The molecule has 8 fully saturated rings. The van der Waals surface area contributed by atoms with Gasteiger partial charge < -0.3 is 139 Å². The summed E-state index contributed by atoms with van der Waals surface area (Å²) in [5.41, 5.74) is 46.4. The van der Waals surface area contributed by atoms with Gasteiger partial charge in [0.2, 0.25) is 59.1 Å². The van der Waals surface area contributed by atoms with Crippen molar-refractivity contribution in [1.29, 1.82) is 0 Å². The minimum absolute atomic E-state index is 0.0160. The molecule has 8 aliphatic carbocycles. The summed E-state index contributed by atoms with van der Waals surface area (Å²) in [6.07, 6.45) is 16.5. The van der Waals surface area contributed by atoms with Gasteiger partial charge in [-0.2, -0.15) is 0 Å². The Labute approximate surface area is 809 Å². The number of hydrogen-bond donors (Lipinski definition) is 24. The lowest BCUT2D eigenvalue weighted by Crippen LogP contribution is -2.62. The van der Waals surface area contributed by atoms with Gasteiger partial charge in [-0.1, -0.05) is 54.4 Å². The van der Waals surface area contributed by atoms with Crippen molar-refractivity contribution in [2.24, 2.45) is 139 Å². The van der Waals surface area contributed by atoms with E-state index < -0.39 is 144 Å². The van der Waals surface area contributed by atoms with Crippen LogP contribution in [0.15, 0.2) is 0 Å². The molecule has 36 heteroatoms. The summed E-state index contributed by atoms with van der Waals surface area (Å²) in [5.74, 6) is -4.88. The van der Waals surface area contributed by atoms with E-state index in [1.807, 2.05) is 0 Å². The first-order chi connectivity index (χ1) is 64.9. The van der Waals surface area contributed by atoms with Crippen molar-refractivity contribution < 1.29 is 88.8 Å². The first-order valence-corrected chi connectivity index (χ1v) is 52.9. The second-order valence-electron chi connectivity index (χ2n) is 43.5. The van der Waals surface area contributed by atoms with Gasteiger partial charge in [0.05, 0.1) is 61.9 Å². The normalized spacial score (nSPS) is 31.0. The molecule has 0 spiro atoms. The number of fused-ring (bicyclic) bond motifs is 10. The smallest absolute Gasteiger partial charge is 0.247 e. The van der Waals surface area contributed by atoms with Gasteiger partial charge in [-0.15, -0.1) is 0 Å². The maximum absolute atomic E-state index is 15.3. The van der Waals surface area contributed by atoms with E-state index in [2.05, 4.69) is 84.1 Å². The molecule has 0 aromatic heterocycles. The summed E-state index contributed by atoms with van der Waals surface area (Å²) in [5, 5.41) is 115. The predicted octanol–water partition coefficient (Wildman–Crippen LogP) is 1.51. The molecule has 782 valence electrons. The van der Waals surface area contributed by atoms with E-state index >= 15 is 9.59 Å². The zero-order valence-electron chi connectivity index (χ0n) is 83.4. The second-order valence-corrected chi connectivity index (χ2v) is 43.5. The highest BCUT2D eigenvalue weighted by atomic mass is 16.3. The Morgan fingerprint density at radius 2 is 0.640 bits per heavy atom. The fourth-order valence-corrected chi connectivity index (χ4v) is 26.6. The topological polar surface area (TPSA) is 643 Å². The van der Waals surface area contributed by atoms with Crippen molar-refractivity contribution in [3.8, 4) is 0 Å². The second kappa shape index (κ2) is 56.2. The van der Waals surface area contributed by atoms with Crippen LogP contribution in [0.3, 0.4) is 0 Å². The number of aliphatic hydroxyl groups excluding tert-OH is 8. The highest BCUT2D eigenvalue weighted by Gasteiger charge is 2.68. The molecule has 0 heterocycles. The molecule has 0 aromatic rings. The molecule has 136 heavy (non-hydrogen) atoms. The van der Waals surface area contributed by atoms with Gasteiger partial charge in [0, 0.05) is 52.1 Å². The third-order valence-electron chi connectivity index (χ3n) is 34.8. The Hall–Kier alpha value is -5.94. The highest BCUT2D eigenvalue weighted by Crippen LogP contribution is 2.70. The standard InChI is InChI=1S/C100H184N18O18/c1-61(67-31-33-69-87-71(57-83(125)99(67,69)5)97(3)39-37-65(121)53-63(97)55-81(87)123)29-35-85(127)109-47-21-51-117(95(135)79(59-119)115-93(133)77(27-11-17-45-105)113-91(131)75(25-9-15-43-103)111-89(129)73(107)23-7-13-41-101)49-19-20-50-118(96(136)80(60-120)116-94(134)78(28-12-18-46-106)114-92(132)76(26-10-16-44-104)112-90(130)74(108)24-8-14-42-102)52-22-48-110-86(128)36-30-62(2)68-32-34-70-88-72(58-84(126)100(68,70)6)98(4)40-38-66(122)54-64(98)56-82(88)124/h61-84,87-88,119-126H,7-60,101-108H2,1-6H3,(H,109,127)(H,110,128)(H,111,129)(H,112,130)(H,113,131)(H,114,132)(H,115,133)(H,116,134)/t61-,62-,63-,64-,65-,66-,67-,68-,69+,70+,71+,72+,73+,74+,75+,76+,77+,78+,79+,80+,81-,82-,83+,84+,87+,88+,97+,98+,99-,100-/m1/s1. The van der Waals surface area contributed by atoms with Crippen molar-refractivity contribution in [1.82, 2.24) is 52.3 Å². The van der Waals surface area contributed by atoms with Gasteiger partial charge >= 0.3 is 0 Å². The number of unbranched alkanes of at least 4 members (excludes halogenated alkanes) is 7. The maximum atomic E-state index is 15.3. The van der Waals surface area contributed by atoms with Gasteiger partial charge in [0.25, 0.3) is 0 Å². The number of amides is 10. The molecular formula is C100H184N18O18. The number of nitrogens with zero attached hydrogens (tertiary/aromatic N) is 2. The summed E-state index contributed by atoms with van der Waals surface area (Å²) in [7, 11) is 0. The van der Waals surface area contributed by atoms with Crippen LogP contribution >= 0.6 is 0 Å². The molecule has 36 nitrogen and oxygen atoms in total. The summed E-state index contributed by atoms with van der Waals surface area (Å²) in [4.78, 5) is 147. The van der Waals surface area contributed by atoms with E-state index in [4.69, 9.17) is 45.9 Å². The molecule has 10 amide bonds. The largest absolute Gasteiger partial charge is 0.394 e. The third-order valence-corrected chi connectivity index (χ3v) is 34.8. The summed E-state index contributed by atoms with van der Waals surface area (Å²) >= 11 is 0. The Kier molecular flexibility index (Phi) is 47.7. The Morgan fingerprint density at radius 1 is 0.346 bits per heavy atom. The predicted molar refractivity (Wildman–Crippen MR) is 522 cm³/mol. The van der Waals surface area contributed by atoms with E-state index in [1.165, 1.54) is 9.80 Å². The SMILES string of the molecule is C[C@H](CCC(=O)NCCCN(CCCCN(CCCNC(=O)CC[C@@H](C)[C@H]1CC[C@H]2[C@@H]3[C@H](O)C[C@H]4C[C@H](O)CC[C@]4(C)[C@H]3C[C@H](O)[C@]12C)C(=O)[C@H](CO)NC(=O)[C@H](CCCCN)NC(=O)[C@H](CCCCN)NC(=O)[C@@H](N)CCCCN)C(=O)[C@H](CO)NC(=O)[C@H](CCCCN)NC(=O)[C@H](CCCCN)NC(=O)[C@@H](N)CCCCN)[C@H]1CC[C@H]2[C@@H]3[C@H](O)C[C@H]4C[C@H](O)CC[C@]4(C)[C@H]3C[C@H](O)[C@]12C. The minimum atomic E-state index is -1.59. The lowest BCUT2D eigenvalue weighted by Gasteiger charge is -2.63. The van der Waals surface area contributed by atoms with Crippen LogP contribution in [0.1, 0.15) is 298 Å². The van der Waals surface area contributed by atoms with Crippen molar-refractivity contribution in [3.05, 3.63) is 0 Å². The van der Waals surface area contributed by atoms with Crippen LogP contribution in [-0.4, -0.2) is 286 Å². The number of carbonyl (C=O) groups is 10. The fraction of sp³-hybridized carbons (Fsp3) is 0.900. The van der Waals surface area contributed by atoms with Gasteiger partial charge in [-0.3, -0.25) is 47.9 Å². The highest BCUT2D eigenvalue weighted by molar-refractivity contribution is 5.96. The number of nitrogens with one attached hydrogen (secondary N) is 8. The third kappa shape index (κ3) is 30.3. The summed E-state index contributed by atoms with van der Waals surface area (Å²) in [6, 6.07) is -9.90. The van der Waals surface area contributed by atoms with E-state index in [1.54, 1.807) is 0 Å². The quantitative estimate of drug-likeness (QED) is 0.0384. The molecule has 0 bridgehead atoms. The van der Waals surface area contributed by atoms with Gasteiger partial charge in [-0.25, -0.2) is 0 Å². The van der Waals surface area contributed by atoms with Crippen LogP contribution in [0.25, 0.3) is 0 Å². The minimum Gasteiger partial charge on any atom is -0.394 e. The summed E-state index contributed by atoms with van der Waals surface area (Å²) < 4.78 is 0. The molecule has 8 saturated carbocycles. The van der Waals surface area contributed by atoms with Crippen LogP contribution in [0, 0.1) is 92.7 Å². The Morgan fingerprint density at radius 3 is 0.949 bits per heavy atom. The average molecular weight is 1930 g/mol. The molecule has 8 aliphatic rings. The van der Waals surface area contributed by atoms with Crippen molar-refractivity contribution in [3.63, 3.8) is 0 Å². The lowest BCUT2D eigenvalue weighted by atomic mass is 9.43. The van der Waals surface area contributed by atoms with Crippen molar-refractivity contribution in [2.75, 3.05) is 91.8 Å². The van der Waals surface area contributed by atoms with E-state index in [0.717, 1.165) is 38.5 Å². The zero-order valence-corrected chi connectivity index (χ0v) is 83.4. The summed E-state index contributed by atoms with van der Waals surface area (Å²) in [6.45, 7) is 13.5. The molecule has 0 saturated heterocycles. The first-order valence-electron chi connectivity index (χ1n) is 52.9. The fourth-order valence-electron chi connectivity index (χ4n) is 26.6. The van der Waals surface area contributed by atoms with E-state index in [0.29, 0.717) is 180 Å². The monoisotopic (exact) mass is 1930 g/mol. The molecule has 0 unspecified atom stereocenters.